The molecule has 128 valence electrons. The Balaban J connectivity index is 0.00000144. The van der Waals surface area contributed by atoms with E-state index in [0.717, 1.165) is 27.6 Å². The van der Waals surface area contributed by atoms with Crippen molar-refractivity contribution in [2.75, 3.05) is 0 Å². The van der Waals surface area contributed by atoms with Gasteiger partial charge in [-0.1, -0.05) is 36.4 Å². The fourth-order valence-corrected chi connectivity index (χ4v) is 2.54. The fraction of sp³-hybridized carbons (Fsp3) is 0.222. The highest BCUT2D eigenvalue weighted by Gasteiger charge is 2.14. The number of hydrogen-bond acceptors (Lipinski definition) is 3. The maximum absolute atomic E-state index is 11.6. The maximum atomic E-state index is 11.6. The quantitative estimate of drug-likeness (QED) is 0.731. The molecule has 0 aliphatic carbocycles. The fourth-order valence-electron chi connectivity index (χ4n) is 2.54. The van der Waals surface area contributed by atoms with Crippen LogP contribution in [0.5, 0.6) is 0 Å². The Hall–Kier alpha value is -1.88. The van der Waals surface area contributed by atoms with Gasteiger partial charge in [-0.25, -0.2) is 4.68 Å². The number of fused-ring (bicyclic) bond motifs is 1. The van der Waals surface area contributed by atoms with Gasteiger partial charge in [-0.2, -0.15) is 5.10 Å². The number of rotatable bonds is 2. The van der Waals surface area contributed by atoms with Gasteiger partial charge in [-0.3, -0.25) is 4.79 Å². The van der Waals surface area contributed by atoms with Crippen LogP contribution in [0.1, 0.15) is 31.1 Å². The molecule has 4 nitrogen and oxygen atoms in total. The molecule has 0 spiro atoms. The summed E-state index contributed by atoms with van der Waals surface area (Å²) in [4.78, 5) is 11.6. The number of halogens is 2. The molecule has 24 heavy (non-hydrogen) atoms. The van der Waals surface area contributed by atoms with Crippen LogP contribution in [0.2, 0.25) is 0 Å². The lowest BCUT2D eigenvalue weighted by Crippen LogP contribution is -2.28. The van der Waals surface area contributed by atoms with Gasteiger partial charge < -0.3 is 5.73 Å². The molecule has 0 aliphatic rings. The Bertz CT molecular complexity index is 849. The number of hydrogen-bond donors (Lipinski definition) is 1. The third kappa shape index (κ3) is 3.78. The zero-order chi connectivity index (χ0) is 15.9. The first-order valence-corrected chi connectivity index (χ1v) is 7.25. The van der Waals surface area contributed by atoms with Crippen molar-refractivity contribution in [1.29, 1.82) is 0 Å². The summed E-state index contributed by atoms with van der Waals surface area (Å²) < 4.78 is 1.43. The molecule has 0 bridgehead atoms. The first-order chi connectivity index (χ1) is 10.4. The minimum atomic E-state index is -0.351. The molecule has 2 aromatic carbocycles. The summed E-state index contributed by atoms with van der Waals surface area (Å²) in [7, 11) is 0. The van der Waals surface area contributed by atoms with E-state index in [1.54, 1.807) is 6.20 Å². The molecule has 3 aromatic rings. The van der Waals surface area contributed by atoms with Crippen LogP contribution < -0.4 is 5.73 Å². The molecule has 0 saturated heterocycles. The molecule has 2 N–H and O–H groups in total. The lowest BCUT2D eigenvalue weighted by molar-refractivity contribution is 0.0927. The normalized spacial score (nSPS) is 10.8. The maximum Gasteiger partial charge on any atom is 0.244 e. The summed E-state index contributed by atoms with van der Waals surface area (Å²) in [6.07, 6.45) is 1.71. The zero-order valence-corrected chi connectivity index (χ0v) is 15.4. The van der Waals surface area contributed by atoms with Crippen LogP contribution in [0.15, 0.2) is 48.7 Å². The van der Waals surface area contributed by atoms with E-state index in [1.807, 2.05) is 44.2 Å². The van der Waals surface area contributed by atoms with Crippen LogP contribution in [0.3, 0.4) is 0 Å². The van der Waals surface area contributed by atoms with Crippen molar-refractivity contribution >= 4 is 41.6 Å². The van der Waals surface area contributed by atoms with E-state index in [9.17, 15) is 4.79 Å². The lowest BCUT2D eigenvalue weighted by Gasteiger charge is -2.19. The van der Waals surface area contributed by atoms with Crippen molar-refractivity contribution < 1.29 is 4.79 Å². The minimum absolute atomic E-state index is 0. The van der Waals surface area contributed by atoms with E-state index >= 15 is 0 Å². The number of carbonyl (C=O) groups excluding carboxylic acids is 1. The van der Waals surface area contributed by atoms with Crippen LogP contribution in [-0.2, 0) is 5.54 Å². The molecule has 0 radical (unpaired) electrons. The van der Waals surface area contributed by atoms with Crippen molar-refractivity contribution in [3.63, 3.8) is 0 Å². The van der Waals surface area contributed by atoms with Crippen LogP contribution >= 0.6 is 24.8 Å². The second-order valence-corrected chi connectivity index (χ2v) is 6.15. The van der Waals surface area contributed by atoms with Crippen LogP contribution in [0.4, 0.5) is 0 Å². The molecule has 1 aromatic heterocycles. The van der Waals surface area contributed by atoms with Crippen molar-refractivity contribution in [3.8, 4) is 11.1 Å². The van der Waals surface area contributed by atoms with Gasteiger partial charge in [0.2, 0.25) is 5.91 Å². The van der Waals surface area contributed by atoms with Gasteiger partial charge in [0.05, 0.1) is 11.7 Å². The summed E-state index contributed by atoms with van der Waals surface area (Å²) in [6.45, 7) is 5.48. The predicted molar refractivity (Wildman–Crippen MR) is 103 cm³/mol. The SMILES string of the molecule is CC(=O)n1ncc2ccc(-c3ccc(C(C)(C)N)cc3)cc21.Cl.Cl. The molecule has 0 amide bonds. The minimum Gasteiger partial charge on any atom is -0.322 e. The molecule has 0 fully saturated rings. The van der Waals surface area contributed by atoms with E-state index in [2.05, 4.69) is 17.2 Å². The molecule has 0 saturated carbocycles. The summed E-state index contributed by atoms with van der Waals surface area (Å²) in [5, 5.41) is 5.08. The lowest BCUT2D eigenvalue weighted by atomic mass is 9.93. The number of benzene rings is 2. The standard InChI is InChI=1S/C18H19N3O.2ClH/c1-12(22)21-17-10-14(4-5-15(17)11-20-21)13-6-8-16(9-7-13)18(2,3)19;;/h4-11H,19H2,1-3H3;2*1H. The average Bonchev–Trinajstić information content (AvgIpc) is 2.89. The van der Waals surface area contributed by atoms with Crippen LogP contribution in [-0.4, -0.2) is 15.7 Å². The Morgan fingerprint density at radius 2 is 1.62 bits per heavy atom. The molecule has 0 aliphatic heterocycles. The molecular weight excluding hydrogens is 345 g/mol. The van der Waals surface area contributed by atoms with Crippen molar-refractivity contribution in [2.24, 2.45) is 5.73 Å². The van der Waals surface area contributed by atoms with Gasteiger partial charge in [0, 0.05) is 17.8 Å². The van der Waals surface area contributed by atoms with Gasteiger partial charge in [-0.15, -0.1) is 24.8 Å². The van der Waals surface area contributed by atoms with E-state index in [0.29, 0.717) is 0 Å². The molecule has 3 rings (SSSR count). The molecule has 0 unspecified atom stereocenters. The average molecular weight is 366 g/mol. The summed E-state index contributed by atoms with van der Waals surface area (Å²) in [5.74, 6) is -0.0904. The van der Waals surface area contributed by atoms with E-state index in [4.69, 9.17) is 5.73 Å². The number of nitrogens with zero attached hydrogens (tertiary/aromatic N) is 2. The molecule has 6 heteroatoms. The highest BCUT2D eigenvalue weighted by Crippen LogP contribution is 2.26. The van der Waals surface area contributed by atoms with Gasteiger partial charge in [0.25, 0.3) is 0 Å². The largest absolute Gasteiger partial charge is 0.322 e. The van der Waals surface area contributed by atoms with Crippen molar-refractivity contribution in [2.45, 2.75) is 26.3 Å². The summed E-state index contributed by atoms with van der Waals surface area (Å²) in [5.41, 5.74) is 9.82. The van der Waals surface area contributed by atoms with E-state index in [1.165, 1.54) is 11.6 Å². The first-order valence-electron chi connectivity index (χ1n) is 7.25. The highest BCUT2D eigenvalue weighted by molar-refractivity contribution is 5.92. The molecular formula is C18H21Cl2N3O. The van der Waals surface area contributed by atoms with E-state index in [-0.39, 0.29) is 36.3 Å². The van der Waals surface area contributed by atoms with Crippen molar-refractivity contribution in [1.82, 2.24) is 9.78 Å². The topological polar surface area (TPSA) is 60.9 Å². The zero-order valence-electron chi connectivity index (χ0n) is 13.8. The Kier molecular flexibility index (Phi) is 6.17. The van der Waals surface area contributed by atoms with Gasteiger partial charge in [0.15, 0.2) is 0 Å². The number of carbonyl (C=O) groups is 1. The Morgan fingerprint density at radius 1 is 1.04 bits per heavy atom. The monoisotopic (exact) mass is 365 g/mol. The number of aromatic nitrogens is 2. The highest BCUT2D eigenvalue weighted by atomic mass is 35.5. The van der Waals surface area contributed by atoms with Gasteiger partial charge in [0.1, 0.15) is 0 Å². The summed E-state index contributed by atoms with van der Waals surface area (Å²) in [6, 6.07) is 14.2. The Morgan fingerprint density at radius 3 is 2.17 bits per heavy atom. The summed E-state index contributed by atoms with van der Waals surface area (Å²) >= 11 is 0. The van der Waals surface area contributed by atoms with Crippen LogP contribution in [0, 0.1) is 0 Å². The van der Waals surface area contributed by atoms with E-state index < -0.39 is 0 Å². The second-order valence-electron chi connectivity index (χ2n) is 6.15. The molecule has 1 heterocycles. The first kappa shape index (κ1) is 20.2. The van der Waals surface area contributed by atoms with Gasteiger partial charge >= 0.3 is 0 Å². The Labute approximate surface area is 153 Å². The third-order valence-electron chi connectivity index (χ3n) is 3.83. The smallest absolute Gasteiger partial charge is 0.244 e. The van der Waals surface area contributed by atoms with Crippen molar-refractivity contribution in [3.05, 3.63) is 54.2 Å². The number of nitrogens with two attached hydrogens (primary N) is 1. The van der Waals surface area contributed by atoms with Gasteiger partial charge in [-0.05, 0) is 36.6 Å². The second kappa shape index (κ2) is 7.34. The molecule has 0 atom stereocenters. The predicted octanol–water partition coefficient (Wildman–Crippen LogP) is 4.40. The third-order valence-corrected chi connectivity index (χ3v) is 3.83. The van der Waals surface area contributed by atoms with Crippen LogP contribution in [0.25, 0.3) is 22.0 Å².